The van der Waals surface area contributed by atoms with Gasteiger partial charge >= 0.3 is 0 Å². The minimum atomic E-state index is 0.485. The Hall–Kier alpha value is -0.150. The van der Waals surface area contributed by atoms with Crippen LogP contribution in [0.5, 0.6) is 0 Å². The number of hydrogen-bond donors (Lipinski definition) is 0. The number of aliphatic imine (C=N–C) groups is 1. The molecule has 8 unspecified atom stereocenters. The summed E-state index contributed by atoms with van der Waals surface area (Å²) in [5, 5.41) is 0.796. The van der Waals surface area contributed by atoms with Crippen molar-refractivity contribution < 1.29 is 0 Å². The molecule has 0 N–H and O–H groups in total. The largest absolute Gasteiger partial charge is 0.269 e. The van der Waals surface area contributed by atoms with E-state index in [-0.39, 0.29) is 0 Å². The highest BCUT2D eigenvalue weighted by atomic mass is 33.1. The van der Waals surface area contributed by atoms with E-state index < -0.39 is 0 Å². The molecule has 4 aliphatic carbocycles. The van der Waals surface area contributed by atoms with E-state index in [1.165, 1.54) is 76.2 Å². The summed E-state index contributed by atoms with van der Waals surface area (Å²) in [5.41, 5.74) is 4.31. The van der Waals surface area contributed by atoms with Gasteiger partial charge in [-0.05, 0) is 117 Å². The lowest BCUT2D eigenvalue weighted by atomic mass is 9.47. The summed E-state index contributed by atoms with van der Waals surface area (Å²) >= 11 is 0. The summed E-state index contributed by atoms with van der Waals surface area (Å²) < 4.78 is 0. The van der Waals surface area contributed by atoms with Gasteiger partial charge < -0.3 is 0 Å². The van der Waals surface area contributed by atoms with E-state index >= 15 is 0 Å². The van der Waals surface area contributed by atoms with Crippen molar-refractivity contribution in [3.8, 4) is 0 Å². The lowest BCUT2D eigenvalue weighted by Gasteiger charge is -2.58. The van der Waals surface area contributed by atoms with Crippen molar-refractivity contribution in [1.82, 2.24) is 0 Å². The first-order valence-corrected chi connectivity index (χ1v) is 17.7. The smallest absolute Gasteiger partial charge is 0.0263 e. The summed E-state index contributed by atoms with van der Waals surface area (Å²) in [6.07, 6.45) is 22.5. The maximum absolute atomic E-state index is 4.28. The molecule has 3 fully saturated rings. The van der Waals surface area contributed by atoms with Crippen LogP contribution in [0.2, 0.25) is 0 Å². The van der Waals surface area contributed by atoms with Gasteiger partial charge in [-0.15, -0.1) is 0 Å². The van der Waals surface area contributed by atoms with Gasteiger partial charge in [0.2, 0.25) is 0 Å². The van der Waals surface area contributed by atoms with Crippen LogP contribution in [0.25, 0.3) is 0 Å². The Balaban J connectivity index is 1.37. The van der Waals surface area contributed by atoms with Crippen molar-refractivity contribution in [2.75, 3.05) is 5.75 Å². The Labute approximate surface area is 232 Å². The van der Waals surface area contributed by atoms with E-state index in [2.05, 4.69) is 63.4 Å². The van der Waals surface area contributed by atoms with E-state index in [9.17, 15) is 0 Å². The molecule has 204 valence electrons. The normalized spacial score (nSPS) is 39.6. The van der Waals surface area contributed by atoms with Gasteiger partial charge in [0.1, 0.15) is 0 Å². The topological polar surface area (TPSA) is 12.4 Å². The number of allylic oxidation sites excluding steroid dienone is 2. The van der Waals surface area contributed by atoms with E-state index in [1.54, 1.807) is 0 Å². The summed E-state index contributed by atoms with van der Waals surface area (Å²) in [4.78, 5) is 4.28. The second-order valence-corrected chi connectivity index (χ2v) is 16.6. The van der Waals surface area contributed by atoms with Crippen molar-refractivity contribution in [2.45, 2.75) is 124 Å². The zero-order valence-electron chi connectivity index (χ0n) is 24.5. The van der Waals surface area contributed by atoms with Crippen molar-refractivity contribution in [1.29, 1.82) is 0 Å². The van der Waals surface area contributed by atoms with Crippen LogP contribution in [0.1, 0.15) is 119 Å². The zero-order chi connectivity index (χ0) is 25.9. The predicted molar refractivity (Wildman–Crippen MR) is 165 cm³/mol. The number of hydrogen-bond acceptors (Lipinski definition) is 3. The third-order valence-corrected chi connectivity index (χ3v) is 14.2. The number of nitrogens with zero attached hydrogens (tertiary/aromatic N) is 1. The molecular formula is C33H55NS2. The van der Waals surface area contributed by atoms with Crippen LogP contribution in [-0.2, 0) is 0 Å². The van der Waals surface area contributed by atoms with Gasteiger partial charge in [0, 0.05) is 23.4 Å². The molecule has 1 nitrogen and oxygen atoms in total. The van der Waals surface area contributed by atoms with Crippen molar-refractivity contribution in [3.63, 3.8) is 0 Å². The summed E-state index contributed by atoms with van der Waals surface area (Å²) in [5.74, 6) is 6.72. The molecule has 0 amide bonds. The first kappa shape index (κ1) is 28.8. The standard InChI is InChI=1S/C33H55NS2/c1-8-34-21-24(4)22-35-36-27-16-18-32(6)26(20-27)12-13-28-30-15-14-29(25(5)11-9-10-23(2)3)33(30,7)19-17-31(28)32/h8,12,21,23,25,27-31H,9-11,13-20,22H2,1-7H3/b24-21+,34-8-. The summed E-state index contributed by atoms with van der Waals surface area (Å²) in [6, 6.07) is 0. The third-order valence-electron chi connectivity index (χ3n) is 11.2. The molecular weight excluding hydrogens is 475 g/mol. The molecule has 0 bridgehead atoms. The Bertz CT molecular complexity index is 828. The molecule has 36 heavy (non-hydrogen) atoms. The maximum atomic E-state index is 4.28. The third kappa shape index (κ3) is 6.03. The molecule has 0 saturated heterocycles. The summed E-state index contributed by atoms with van der Waals surface area (Å²) in [6.45, 7) is 17.0. The highest BCUT2D eigenvalue weighted by Gasteiger charge is 2.59. The Kier molecular flexibility index (Phi) is 9.90. The first-order chi connectivity index (χ1) is 17.2. The van der Waals surface area contributed by atoms with Gasteiger partial charge in [-0.2, -0.15) is 0 Å². The number of fused-ring (bicyclic) bond motifs is 5. The van der Waals surface area contributed by atoms with Crippen molar-refractivity contribution in [2.24, 2.45) is 51.3 Å². The molecule has 4 aliphatic rings. The molecule has 8 atom stereocenters. The Morgan fingerprint density at radius 3 is 2.64 bits per heavy atom. The van der Waals surface area contributed by atoms with Crippen LogP contribution >= 0.6 is 21.6 Å². The lowest BCUT2D eigenvalue weighted by Crippen LogP contribution is -2.50. The average molecular weight is 530 g/mol. The lowest BCUT2D eigenvalue weighted by molar-refractivity contribution is -0.0497. The molecule has 4 rings (SSSR count). The van der Waals surface area contributed by atoms with E-state index in [0.29, 0.717) is 10.8 Å². The van der Waals surface area contributed by atoms with E-state index in [0.717, 1.165) is 46.5 Å². The van der Waals surface area contributed by atoms with Crippen LogP contribution in [0, 0.1) is 46.3 Å². The maximum Gasteiger partial charge on any atom is 0.0263 e. The molecule has 0 heterocycles. The van der Waals surface area contributed by atoms with Crippen LogP contribution in [-0.4, -0.2) is 17.2 Å². The molecule has 0 aromatic carbocycles. The fourth-order valence-electron chi connectivity index (χ4n) is 9.20. The first-order valence-electron chi connectivity index (χ1n) is 15.3. The molecule has 3 saturated carbocycles. The van der Waals surface area contributed by atoms with Crippen LogP contribution < -0.4 is 0 Å². The molecule has 0 spiro atoms. The van der Waals surface area contributed by atoms with Gasteiger partial charge in [-0.25, -0.2) is 0 Å². The van der Waals surface area contributed by atoms with Gasteiger partial charge in [0.25, 0.3) is 0 Å². The Morgan fingerprint density at radius 2 is 1.89 bits per heavy atom. The number of rotatable bonds is 10. The second-order valence-electron chi connectivity index (χ2n) is 13.9. The predicted octanol–water partition coefficient (Wildman–Crippen LogP) is 10.8. The van der Waals surface area contributed by atoms with Crippen molar-refractivity contribution >= 4 is 27.8 Å². The quantitative estimate of drug-likeness (QED) is 0.158. The van der Waals surface area contributed by atoms with E-state index in [4.69, 9.17) is 0 Å². The zero-order valence-corrected chi connectivity index (χ0v) is 26.2. The van der Waals surface area contributed by atoms with Crippen LogP contribution in [0.3, 0.4) is 0 Å². The molecule has 0 aromatic heterocycles. The molecule has 0 aromatic rings. The molecule has 0 aliphatic heterocycles. The monoisotopic (exact) mass is 529 g/mol. The second kappa shape index (κ2) is 12.4. The Morgan fingerprint density at radius 1 is 1.08 bits per heavy atom. The minimum absolute atomic E-state index is 0.485. The molecule has 3 heteroatoms. The highest BCUT2D eigenvalue weighted by Crippen LogP contribution is 2.67. The van der Waals surface area contributed by atoms with Gasteiger partial charge in [0.15, 0.2) is 0 Å². The fourth-order valence-corrected chi connectivity index (χ4v) is 12.0. The van der Waals surface area contributed by atoms with E-state index in [1.807, 2.05) is 35.7 Å². The van der Waals surface area contributed by atoms with Crippen LogP contribution in [0.4, 0.5) is 0 Å². The molecule has 0 radical (unpaired) electrons. The van der Waals surface area contributed by atoms with Gasteiger partial charge in [-0.1, -0.05) is 87.1 Å². The van der Waals surface area contributed by atoms with Crippen molar-refractivity contribution in [3.05, 3.63) is 23.4 Å². The van der Waals surface area contributed by atoms with Gasteiger partial charge in [0.05, 0.1) is 0 Å². The highest BCUT2D eigenvalue weighted by molar-refractivity contribution is 8.77. The van der Waals surface area contributed by atoms with Gasteiger partial charge in [-0.3, -0.25) is 4.99 Å². The average Bonchev–Trinajstić information content (AvgIpc) is 3.20. The SMILES string of the molecule is C/C=N\C=C(/C)CSSC1CCC2(C)C(=CCC3C2CCC2(C)C(C(C)CCCC(C)C)CCC32)C1. The fraction of sp³-hybridized carbons (Fsp3) is 0.848. The minimum Gasteiger partial charge on any atom is -0.269 e. The van der Waals surface area contributed by atoms with Crippen LogP contribution in [0.15, 0.2) is 28.4 Å². The summed E-state index contributed by atoms with van der Waals surface area (Å²) in [7, 11) is 4.20.